The van der Waals surface area contributed by atoms with E-state index >= 15 is 0 Å². The first-order valence-electron chi connectivity index (χ1n) is 9.56. The fourth-order valence-corrected chi connectivity index (χ4v) is 2.85. The number of nitrogens with two attached hydrogens (primary N) is 1. The van der Waals surface area contributed by atoms with Gasteiger partial charge in [0.15, 0.2) is 0 Å². The Kier molecular flexibility index (Phi) is 8.34. The van der Waals surface area contributed by atoms with Gasteiger partial charge in [0, 0.05) is 25.6 Å². The van der Waals surface area contributed by atoms with Crippen molar-refractivity contribution in [3.63, 3.8) is 0 Å². The maximum Gasteiger partial charge on any atom is 0.257 e. The predicted octanol–water partition coefficient (Wildman–Crippen LogP) is 3.04. The average molecular weight is 384 g/mol. The number of hydrogen-bond donors (Lipinski definition) is 1. The predicted molar refractivity (Wildman–Crippen MR) is 109 cm³/mol. The Morgan fingerprint density at radius 3 is 2.32 bits per heavy atom. The molecule has 2 N–H and O–H groups in total. The zero-order valence-corrected chi connectivity index (χ0v) is 16.5. The third-order valence-electron chi connectivity index (χ3n) is 4.22. The molecule has 0 radical (unpaired) electrons. The summed E-state index contributed by atoms with van der Waals surface area (Å²) in [6.45, 7) is 5.47. The van der Waals surface area contributed by atoms with Crippen LogP contribution in [0.2, 0.25) is 0 Å². The summed E-state index contributed by atoms with van der Waals surface area (Å²) in [7, 11) is 0. The lowest BCUT2D eigenvalue weighted by atomic mass is 10.1. The van der Waals surface area contributed by atoms with Gasteiger partial charge in [-0.15, -0.1) is 0 Å². The molecule has 150 valence electrons. The molecule has 2 aromatic carbocycles. The second-order valence-electron chi connectivity index (χ2n) is 6.27. The van der Waals surface area contributed by atoms with E-state index in [1.54, 1.807) is 23.1 Å². The molecule has 0 aliphatic heterocycles. The number of hydrogen-bond acceptors (Lipinski definition) is 4. The molecule has 0 aliphatic rings. The first-order valence-corrected chi connectivity index (χ1v) is 9.56. The van der Waals surface area contributed by atoms with Crippen molar-refractivity contribution in [3.05, 3.63) is 59.7 Å². The molecule has 6 heteroatoms. The van der Waals surface area contributed by atoms with Crippen molar-refractivity contribution >= 4 is 11.8 Å². The second-order valence-corrected chi connectivity index (χ2v) is 6.27. The van der Waals surface area contributed by atoms with Crippen molar-refractivity contribution in [1.82, 2.24) is 4.90 Å². The van der Waals surface area contributed by atoms with Crippen LogP contribution in [0.4, 0.5) is 0 Å². The van der Waals surface area contributed by atoms with Crippen LogP contribution in [0, 0.1) is 0 Å². The third-order valence-corrected chi connectivity index (χ3v) is 4.22. The highest BCUT2D eigenvalue weighted by Crippen LogP contribution is 2.26. The Morgan fingerprint density at radius 2 is 1.68 bits per heavy atom. The molecule has 2 amide bonds. The van der Waals surface area contributed by atoms with Crippen LogP contribution in [0.15, 0.2) is 48.5 Å². The molecule has 0 saturated carbocycles. The van der Waals surface area contributed by atoms with Crippen LogP contribution < -0.4 is 15.2 Å². The number of amides is 2. The van der Waals surface area contributed by atoms with E-state index in [2.05, 4.69) is 0 Å². The maximum atomic E-state index is 13.2. The molecule has 2 aromatic rings. The van der Waals surface area contributed by atoms with Crippen molar-refractivity contribution in [2.24, 2.45) is 5.73 Å². The lowest BCUT2D eigenvalue weighted by Gasteiger charge is -2.24. The van der Waals surface area contributed by atoms with Gasteiger partial charge in [-0.2, -0.15) is 0 Å². The molecule has 0 fully saturated rings. The Labute approximate surface area is 166 Å². The lowest BCUT2D eigenvalue weighted by Crippen LogP contribution is -2.36. The largest absolute Gasteiger partial charge is 0.494 e. The summed E-state index contributed by atoms with van der Waals surface area (Å²) < 4.78 is 11.2. The molecule has 0 heterocycles. The molecular weight excluding hydrogens is 356 g/mol. The molecule has 0 bridgehead atoms. The normalized spacial score (nSPS) is 10.4. The third kappa shape index (κ3) is 6.30. The van der Waals surface area contributed by atoms with Crippen LogP contribution in [0.1, 0.15) is 36.2 Å². The topological polar surface area (TPSA) is 81.9 Å². The summed E-state index contributed by atoms with van der Waals surface area (Å²) in [6, 6.07) is 15.1. The van der Waals surface area contributed by atoms with E-state index in [0.717, 1.165) is 5.56 Å². The number of carbonyl (C=O) groups excluding carboxylic acids is 2. The molecule has 0 aromatic heterocycles. The van der Waals surface area contributed by atoms with Gasteiger partial charge in [0.1, 0.15) is 11.5 Å². The minimum Gasteiger partial charge on any atom is -0.494 e. The van der Waals surface area contributed by atoms with Crippen molar-refractivity contribution in [3.8, 4) is 11.5 Å². The molecule has 0 aliphatic carbocycles. The van der Waals surface area contributed by atoms with Crippen molar-refractivity contribution in [2.75, 3.05) is 26.3 Å². The number of primary amides is 1. The minimum atomic E-state index is -0.436. The van der Waals surface area contributed by atoms with Crippen LogP contribution in [0.5, 0.6) is 11.5 Å². The van der Waals surface area contributed by atoms with Crippen molar-refractivity contribution in [2.45, 2.75) is 26.7 Å². The van der Waals surface area contributed by atoms with Crippen LogP contribution in [-0.2, 0) is 11.2 Å². The molecule has 0 unspecified atom stereocenters. The van der Waals surface area contributed by atoms with Gasteiger partial charge < -0.3 is 20.1 Å². The zero-order valence-electron chi connectivity index (χ0n) is 16.5. The SMILES string of the molecule is CCOc1ccc(C(=O)N(CCC(N)=O)CCc2ccccc2)c(OCC)c1. The van der Waals surface area contributed by atoms with E-state index in [-0.39, 0.29) is 18.9 Å². The minimum absolute atomic E-state index is 0.113. The Bertz CT molecular complexity index is 777. The van der Waals surface area contributed by atoms with Gasteiger partial charge in [0.2, 0.25) is 5.91 Å². The van der Waals surface area contributed by atoms with E-state index in [1.165, 1.54) is 0 Å². The number of ether oxygens (including phenoxy) is 2. The first-order chi connectivity index (χ1) is 13.5. The van der Waals surface area contributed by atoms with E-state index < -0.39 is 5.91 Å². The second kappa shape index (κ2) is 11.0. The average Bonchev–Trinajstić information content (AvgIpc) is 2.69. The molecule has 0 saturated heterocycles. The Hall–Kier alpha value is -3.02. The fourth-order valence-electron chi connectivity index (χ4n) is 2.85. The molecule has 28 heavy (non-hydrogen) atoms. The standard InChI is InChI=1S/C22H28N2O4/c1-3-27-18-10-11-19(20(16-18)28-4-2)22(26)24(15-13-21(23)25)14-12-17-8-6-5-7-9-17/h5-11,16H,3-4,12-15H2,1-2H3,(H2,23,25). The van der Waals surface area contributed by atoms with Crippen molar-refractivity contribution < 1.29 is 19.1 Å². The lowest BCUT2D eigenvalue weighted by molar-refractivity contribution is -0.118. The summed E-state index contributed by atoms with van der Waals surface area (Å²) in [5, 5.41) is 0. The van der Waals surface area contributed by atoms with Gasteiger partial charge in [0.25, 0.3) is 5.91 Å². The molecule has 6 nitrogen and oxygen atoms in total. The van der Waals surface area contributed by atoms with Gasteiger partial charge in [0.05, 0.1) is 18.8 Å². The van der Waals surface area contributed by atoms with E-state index in [4.69, 9.17) is 15.2 Å². The highest BCUT2D eigenvalue weighted by Gasteiger charge is 2.21. The van der Waals surface area contributed by atoms with E-state index in [0.29, 0.717) is 43.2 Å². The number of benzene rings is 2. The van der Waals surface area contributed by atoms with Gasteiger partial charge in [-0.05, 0) is 38.0 Å². The summed E-state index contributed by atoms with van der Waals surface area (Å²) in [5.41, 5.74) is 6.87. The fraction of sp³-hybridized carbons (Fsp3) is 0.364. The van der Waals surface area contributed by atoms with Crippen LogP contribution in [0.3, 0.4) is 0 Å². The number of nitrogens with zero attached hydrogens (tertiary/aromatic N) is 1. The molecular formula is C22H28N2O4. The molecule has 0 spiro atoms. The van der Waals surface area contributed by atoms with Crippen LogP contribution in [-0.4, -0.2) is 43.0 Å². The van der Waals surface area contributed by atoms with Crippen LogP contribution in [0.25, 0.3) is 0 Å². The highest BCUT2D eigenvalue weighted by molar-refractivity contribution is 5.97. The maximum absolute atomic E-state index is 13.2. The van der Waals surface area contributed by atoms with Crippen molar-refractivity contribution in [1.29, 1.82) is 0 Å². The number of carbonyl (C=O) groups is 2. The summed E-state index contributed by atoms with van der Waals surface area (Å²) in [5.74, 6) is 0.496. The summed E-state index contributed by atoms with van der Waals surface area (Å²) in [4.78, 5) is 26.1. The van der Waals surface area contributed by atoms with Gasteiger partial charge in [-0.25, -0.2) is 0 Å². The van der Waals surface area contributed by atoms with E-state index in [9.17, 15) is 9.59 Å². The molecule has 0 atom stereocenters. The zero-order chi connectivity index (χ0) is 20.4. The Morgan fingerprint density at radius 1 is 0.964 bits per heavy atom. The van der Waals surface area contributed by atoms with Crippen LogP contribution >= 0.6 is 0 Å². The number of rotatable bonds is 11. The first kappa shape index (κ1) is 21.3. The van der Waals surface area contributed by atoms with Gasteiger partial charge in [-0.3, -0.25) is 9.59 Å². The monoisotopic (exact) mass is 384 g/mol. The van der Waals surface area contributed by atoms with E-state index in [1.807, 2.05) is 44.2 Å². The van der Waals surface area contributed by atoms with Gasteiger partial charge >= 0.3 is 0 Å². The highest BCUT2D eigenvalue weighted by atomic mass is 16.5. The molecule has 2 rings (SSSR count). The summed E-state index contributed by atoms with van der Waals surface area (Å²) in [6.07, 6.45) is 0.799. The quantitative estimate of drug-likeness (QED) is 0.646. The summed E-state index contributed by atoms with van der Waals surface area (Å²) >= 11 is 0. The Balaban J connectivity index is 2.22. The smallest absolute Gasteiger partial charge is 0.257 e. The van der Waals surface area contributed by atoms with Gasteiger partial charge in [-0.1, -0.05) is 30.3 Å².